The molecular formula is C8H14O2. The molecule has 58 valence electrons. The molecule has 0 aromatic heterocycles. The first-order chi connectivity index (χ1) is 4.70. The average Bonchev–Trinajstić information content (AvgIpc) is 1.86. The van der Waals surface area contributed by atoms with Crippen LogP contribution in [0.4, 0.5) is 0 Å². The SMILES string of the molecule is C/C=C/[C@@H](CC)OC(C)=O. The third-order valence-corrected chi connectivity index (χ3v) is 1.13. The first-order valence-corrected chi connectivity index (χ1v) is 3.50. The van der Waals surface area contributed by atoms with Crippen molar-refractivity contribution in [3.05, 3.63) is 12.2 Å². The number of carbonyl (C=O) groups is 1. The summed E-state index contributed by atoms with van der Waals surface area (Å²) >= 11 is 0. The molecule has 0 fully saturated rings. The lowest BCUT2D eigenvalue weighted by molar-refractivity contribution is -0.144. The maximum atomic E-state index is 10.4. The van der Waals surface area contributed by atoms with Crippen LogP contribution < -0.4 is 0 Å². The molecule has 0 amide bonds. The van der Waals surface area contributed by atoms with Gasteiger partial charge in [-0.1, -0.05) is 13.0 Å². The van der Waals surface area contributed by atoms with Crippen molar-refractivity contribution >= 4 is 5.97 Å². The fraction of sp³-hybridized carbons (Fsp3) is 0.625. The summed E-state index contributed by atoms with van der Waals surface area (Å²) in [5, 5.41) is 0. The van der Waals surface area contributed by atoms with Gasteiger partial charge in [0.25, 0.3) is 0 Å². The van der Waals surface area contributed by atoms with Crippen molar-refractivity contribution < 1.29 is 9.53 Å². The van der Waals surface area contributed by atoms with E-state index in [2.05, 4.69) is 0 Å². The Hall–Kier alpha value is -0.790. The molecule has 0 spiro atoms. The van der Waals surface area contributed by atoms with Crippen LogP contribution >= 0.6 is 0 Å². The zero-order valence-corrected chi connectivity index (χ0v) is 6.76. The van der Waals surface area contributed by atoms with Gasteiger partial charge in [0.15, 0.2) is 0 Å². The van der Waals surface area contributed by atoms with Crippen LogP contribution in [0.1, 0.15) is 27.2 Å². The zero-order valence-electron chi connectivity index (χ0n) is 6.76. The van der Waals surface area contributed by atoms with Crippen molar-refractivity contribution in [2.75, 3.05) is 0 Å². The van der Waals surface area contributed by atoms with Gasteiger partial charge >= 0.3 is 5.97 Å². The molecule has 0 heterocycles. The summed E-state index contributed by atoms with van der Waals surface area (Å²) in [5.74, 6) is -0.218. The predicted octanol–water partition coefficient (Wildman–Crippen LogP) is 1.90. The normalized spacial score (nSPS) is 13.5. The van der Waals surface area contributed by atoms with Crippen LogP contribution in [0.15, 0.2) is 12.2 Å². The minimum absolute atomic E-state index is 0.0394. The van der Waals surface area contributed by atoms with Crippen molar-refractivity contribution in [3.63, 3.8) is 0 Å². The Morgan fingerprint density at radius 3 is 2.60 bits per heavy atom. The van der Waals surface area contributed by atoms with Crippen LogP contribution in [-0.4, -0.2) is 12.1 Å². The lowest BCUT2D eigenvalue weighted by atomic mass is 10.2. The molecule has 0 rings (SSSR count). The number of ether oxygens (including phenoxy) is 1. The van der Waals surface area contributed by atoms with E-state index in [0.29, 0.717) is 0 Å². The van der Waals surface area contributed by atoms with Gasteiger partial charge in [0.2, 0.25) is 0 Å². The molecule has 10 heavy (non-hydrogen) atoms. The van der Waals surface area contributed by atoms with Crippen LogP contribution in [0.25, 0.3) is 0 Å². The number of rotatable bonds is 3. The van der Waals surface area contributed by atoms with Crippen molar-refractivity contribution in [3.8, 4) is 0 Å². The summed E-state index contributed by atoms with van der Waals surface area (Å²) in [6.07, 6.45) is 4.56. The summed E-state index contributed by atoms with van der Waals surface area (Å²) in [4.78, 5) is 10.4. The maximum Gasteiger partial charge on any atom is 0.303 e. The van der Waals surface area contributed by atoms with Crippen molar-refractivity contribution in [2.24, 2.45) is 0 Å². The molecule has 0 aliphatic heterocycles. The van der Waals surface area contributed by atoms with Crippen LogP contribution in [0, 0.1) is 0 Å². The predicted molar refractivity (Wildman–Crippen MR) is 40.7 cm³/mol. The van der Waals surface area contributed by atoms with Gasteiger partial charge in [-0.15, -0.1) is 0 Å². The van der Waals surface area contributed by atoms with Crippen LogP contribution in [0.3, 0.4) is 0 Å². The largest absolute Gasteiger partial charge is 0.458 e. The molecule has 0 aromatic rings. The van der Waals surface area contributed by atoms with E-state index in [9.17, 15) is 4.79 Å². The molecule has 0 aromatic carbocycles. The maximum absolute atomic E-state index is 10.4. The lowest BCUT2D eigenvalue weighted by Gasteiger charge is -2.08. The van der Waals surface area contributed by atoms with Gasteiger partial charge in [-0.3, -0.25) is 4.79 Å². The molecule has 0 saturated heterocycles. The second-order valence-electron chi connectivity index (χ2n) is 2.08. The molecule has 2 nitrogen and oxygen atoms in total. The topological polar surface area (TPSA) is 26.3 Å². The van der Waals surface area contributed by atoms with Crippen LogP contribution in [0.2, 0.25) is 0 Å². The van der Waals surface area contributed by atoms with Gasteiger partial charge in [-0.25, -0.2) is 0 Å². The van der Waals surface area contributed by atoms with Gasteiger partial charge in [-0.05, 0) is 19.4 Å². The average molecular weight is 142 g/mol. The second-order valence-corrected chi connectivity index (χ2v) is 2.08. The van der Waals surface area contributed by atoms with E-state index in [1.54, 1.807) is 0 Å². The van der Waals surface area contributed by atoms with Crippen molar-refractivity contribution in [1.29, 1.82) is 0 Å². The fourth-order valence-corrected chi connectivity index (χ4v) is 0.687. The first-order valence-electron chi connectivity index (χ1n) is 3.50. The monoisotopic (exact) mass is 142 g/mol. The minimum Gasteiger partial charge on any atom is -0.458 e. The Bertz CT molecular complexity index is 127. The van der Waals surface area contributed by atoms with E-state index in [1.165, 1.54) is 6.92 Å². The third-order valence-electron chi connectivity index (χ3n) is 1.13. The summed E-state index contributed by atoms with van der Waals surface area (Å²) in [7, 11) is 0. The van der Waals surface area contributed by atoms with Crippen LogP contribution in [-0.2, 0) is 9.53 Å². The Morgan fingerprint density at radius 1 is 1.70 bits per heavy atom. The molecule has 0 unspecified atom stereocenters. The Labute approximate surface area is 61.9 Å². The summed E-state index contributed by atoms with van der Waals surface area (Å²) < 4.78 is 4.91. The zero-order chi connectivity index (χ0) is 7.98. The van der Waals surface area contributed by atoms with E-state index in [-0.39, 0.29) is 12.1 Å². The van der Waals surface area contributed by atoms with Gasteiger partial charge in [0.1, 0.15) is 6.10 Å². The van der Waals surface area contributed by atoms with E-state index in [4.69, 9.17) is 4.74 Å². The highest BCUT2D eigenvalue weighted by atomic mass is 16.5. The first kappa shape index (κ1) is 9.21. The molecule has 0 aliphatic carbocycles. The van der Waals surface area contributed by atoms with Crippen molar-refractivity contribution in [1.82, 2.24) is 0 Å². The standard InChI is InChI=1S/C8H14O2/c1-4-6-8(5-2)10-7(3)9/h4,6,8H,5H2,1-3H3/b6-4+/t8-/m1/s1. The Balaban J connectivity index is 3.71. The quantitative estimate of drug-likeness (QED) is 0.444. The number of hydrogen-bond donors (Lipinski definition) is 0. The fourth-order valence-electron chi connectivity index (χ4n) is 0.687. The molecular weight excluding hydrogens is 128 g/mol. The summed E-state index contributed by atoms with van der Waals surface area (Å²) in [5.41, 5.74) is 0. The van der Waals surface area contributed by atoms with Crippen molar-refractivity contribution in [2.45, 2.75) is 33.3 Å². The van der Waals surface area contributed by atoms with E-state index >= 15 is 0 Å². The molecule has 2 heteroatoms. The molecule has 1 atom stereocenters. The highest BCUT2D eigenvalue weighted by molar-refractivity contribution is 5.66. The van der Waals surface area contributed by atoms with Gasteiger partial charge in [0, 0.05) is 6.92 Å². The third kappa shape index (κ3) is 4.13. The van der Waals surface area contributed by atoms with Gasteiger partial charge in [0.05, 0.1) is 0 Å². The number of allylic oxidation sites excluding steroid dienone is 1. The molecule has 0 N–H and O–H groups in total. The number of carbonyl (C=O) groups excluding carboxylic acids is 1. The smallest absolute Gasteiger partial charge is 0.303 e. The Morgan fingerprint density at radius 2 is 2.30 bits per heavy atom. The van der Waals surface area contributed by atoms with Gasteiger partial charge in [-0.2, -0.15) is 0 Å². The molecule has 0 bridgehead atoms. The minimum atomic E-state index is -0.218. The van der Waals surface area contributed by atoms with E-state index in [0.717, 1.165) is 6.42 Å². The highest BCUT2D eigenvalue weighted by Gasteiger charge is 2.02. The molecule has 0 saturated carbocycles. The molecule has 0 aliphatic rings. The summed E-state index contributed by atoms with van der Waals surface area (Å²) in [6, 6.07) is 0. The lowest BCUT2D eigenvalue weighted by Crippen LogP contribution is -2.11. The molecule has 0 radical (unpaired) electrons. The van der Waals surface area contributed by atoms with Crippen LogP contribution in [0.5, 0.6) is 0 Å². The van der Waals surface area contributed by atoms with E-state index < -0.39 is 0 Å². The summed E-state index contributed by atoms with van der Waals surface area (Å²) in [6.45, 7) is 5.31. The Kier molecular flexibility index (Phi) is 4.63. The van der Waals surface area contributed by atoms with Gasteiger partial charge < -0.3 is 4.74 Å². The number of hydrogen-bond acceptors (Lipinski definition) is 2. The second kappa shape index (κ2) is 5.03. The highest BCUT2D eigenvalue weighted by Crippen LogP contribution is 1.99. The number of esters is 1. The van der Waals surface area contributed by atoms with E-state index in [1.807, 2.05) is 26.0 Å².